The first-order valence-electron chi connectivity index (χ1n) is 4.40. The van der Waals surface area contributed by atoms with Gasteiger partial charge in [-0.25, -0.2) is 4.79 Å². The monoisotopic (exact) mass is 182 g/mol. The topological polar surface area (TPSA) is 44.1 Å². The highest BCUT2D eigenvalue weighted by Crippen LogP contribution is 2.07. The maximum atomic E-state index is 11.3. The second-order valence-corrected chi connectivity index (χ2v) is 2.70. The predicted octanol–water partition coefficient (Wildman–Crippen LogP) is 1.39. The van der Waals surface area contributed by atoms with Crippen molar-refractivity contribution in [3.8, 4) is 0 Å². The third-order valence-electron chi connectivity index (χ3n) is 1.77. The molecule has 1 rings (SSSR count). The second kappa shape index (κ2) is 4.07. The number of carbonyl (C=O) groups is 1. The SMILES string of the molecule is CCOC(=O)c1cn(CC)nc1C. The first-order chi connectivity index (χ1) is 6.19. The van der Waals surface area contributed by atoms with E-state index in [1.54, 1.807) is 24.7 Å². The fraction of sp³-hybridized carbons (Fsp3) is 0.556. The number of carbonyl (C=O) groups excluding carboxylic acids is 1. The van der Waals surface area contributed by atoms with Gasteiger partial charge in [0.15, 0.2) is 0 Å². The first kappa shape index (κ1) is 9.77. The summed E-state index contributed by atoms with van der Waals surface area (Å²) in [5.74, 6) is -0.292. The molecule has 0 saturated heterocycles. The minimum Gasteiger partial charge on any atom is -0.462 e. The summed E-state index contributed by atoms with van der Waals surface area (Å²) >= 11 is 0. The Morgan fingerprint density at radius 3 is 2.77 bits per heavy atom. The summed E-state index contributed by atoms with van der Waals surface area (Å²) < 4.78 is 6.60. The molecule has 0 unspecified atom stereocenters. The van der Waals surface area contributed by atoms with Gasteiger partial charge in [0.1, 0.15) is 5.56 Å². The summed E-state index contributed by atoms with van der Waals surface area (Å²) in [6.07, 6.45) is 1.72. The molecular formula is C9H14N2O2. The molecule has 4 nitrogen and oxygen atoms in total. The van der Waals surface area contributed by atoms with Crippen molar-refractivity contribution in [1.29, 1.82) is 0 Å². The molecule has 0 atom stereocenters. The maximum Gasteiger partial charge on any atom is 0.341 e. The van der Waals surface area contributed by atoms with E-state index in [0.717, 1.165) is 12.2 Å². The van der Waals surface area contributed by atoms with E-state index < -0.39 is 0 Å². The lowest BCUT2D eigenvalue weighted by Gasteiger charge is -1.97. The van der Waals surface area contributed by atoms with Crippen LogP contribution in [0.1, 0.15) is 29.9 Å². The van der Waals surface area contributed by atoms with Crippen molar-refractivity contribution >= 4 is 5.97 Å². The molecule has 0 N–H and O–H groups in total. The number of aromatic nitrogens is 2. The van der Waals surface area contributed by atoms with Crippen LogP contribution in [0.5, 0.6) is 0 Å². The number of hydrogen-bond acceptors (Lipinski definition) is 3. The van der Waals surface area contributed by atoms with Crippen LogP contribution in [0.3, 0.4) is 0 Å². The van der Waals surface area contributed by atoms with Gasteiger partial charge < -0.3 is 4.74 Å². The third-order valence-corrected chi connectivity index (χ3v) is 1.77. The van der Waals surface area contributed by atoms with E-state index in [1.807, 2.05) is 6.92 Å². The fourth-order valence-corrected chi connectivity index (χ4v) is 1.09. The quantitative estimate of drug-likeness (QED) is 0.663. The van der Waals surface area contributed by atoms with Crippen molar-refractivity contribution in [2.45, 2.75) is 27.3 Å². The molecule has 13 heavy (non-hydrogen) atoms. The Morgan fingerprint density at radius 2 is 2.31 bits per heavy atom. The molecule has 0 fully saturated rings. The zero-order valence-electron chi connectivity index (χ0n) is 8.20. The average Bonchev–Trinajstić information content (AvgIpc) is 2.47. The Hall–Kier alpha value is -1.32. The molecule has 0 aliphatic carbocycles. The lowest BCUT2D eigenvalue weighted by molar-refractivity contribution is 0.0525. The summed E-state index contributed by atoms with van der Waals surface area (Å²) in [6, 6.07) is 0. The predicted molar refractivity (Wildman–Crippen MR) is 48.6 cm³/mol. The van der Waals surface area contributed by atoms with Gasteiger partial charge in [0.25, 0.3) is 0 Å². The molecule has 1 aromatic rings. The summed E-state index contributed by atoms with van der Waals surface area (Å²) in [5, 5.41) is 4.15. The molecular weight excluding hydrogens is 168 g/mol. The molecule has 0 spiro atoms. The van der Waals surface area contributed by atoms with Crippen molar-refractivity contribution in [2.75, 3.05) is 6.61 Å². The van der Waals surface area contributed by atoms with Crippen LogP contribution in [-0.4, -0.2) is 22.4 Å². The summed E-state index contributed by atoms with van der Waals surface area (Å²) in [6.45, 7) is 6.73. The number of rotatable bonds is 3. The maximum absolute atomic E-state index is 11.3. The van der Waals surface area contributed by atoms with Crippen molar-refractivity contribution in [2.24, 2.45) is 0 Å². The standard InChI is InChI=1S/C9H14N2O2/c1-4-11-6-8(7(3)10-11)9(12)13-5-2/h6H,4-5H2,1-3H3. The van der Waals surface area contributed by atoms with Gasteiger partial charge in [-0.15, -0.1) is 0 Å². The highest BCUT2D eigenvalue weighted by molar-refractivity contribution is 5.90. The second-order valence-electron chi connectivity index (χ2n) is 2.70. The molecule has 4 heteroatoms. The molecule has 72 valence electrons. The third kappa shape index (κ3) is 2.08. The van der Waals surface area contributed by atoms with Crippen LogP contribution >= 0.6 is 0 Å². The van der Waals surface area contributed by atoms with E-state index in [1.165, 1.54) is 0 Å². The number of ether oxygens (including phenoxy) is 1. The Morgan fingerprint density at radius 1 is 1.62 bits per heavy atom. The minimum absolute atomic E-state index is 0.292. The van der Waals surface area contributed by atoms with Gasteiger partial charge in [0.05, 0.1) is 12.3 Å². The largest absolute Gasteiger partial charge is 0.462 e. The molecule has 1 aromatic heterocycles. The van der Waals surface area contributed by atoms with Gasteiger partial charge in [-0.1, -0.05) is 0 Å². The van der Waals surface area contributed by atoms with Crippen molar-refractivity contribution in [1.82, 2.24) is 9.78 Å². The van der Waals surface area contributed by atoms with Crippen LogP contribution in [0.2, 0.25) is 0 Å². The fourth-order valence-electron chi connectivity index (χ4n) is 1.09. The van der Waals surface area contributed by atoms with Crippen molar-refractivity contribution < 1.29 is 9.53 Å². The summed E-state index contributed by atoms with van der Waals surface area (Å²) in [5.41, 5.74) is 1.28. The molecule has 0 radical (unpaired) electrons. The Labute approximate surface area is 77.5 Å². The lowest BCUT2D eigenvalue weighted by Crippen LogP contribution is -2.04. The van der Waals surface area contributed by atoms with E-state index >= 15 is 0 Å². The van der Waals surface area contributed by atoms with Gasteiger partial charge in [-0.2, -0.15) is 5.10 Å². The Balaban J connectivity index is 2.87. The molecule has 0 saturated carbocycles. The highest BCUT2D eigenvalue weighted by atomic mass is 16.5. The average molecular weight is 182 g/mol. The Kier molecular flexibility index (Phi) is 3.06. The lowest BCUT2D eigenvalue weighted by atomic mass is 10.3. The van der Waals surface area contributed by atoms with Crippen molar-refractivity contribution in [3.05, 3.63) is 17.5 Å². The molecule has 1 heterocycles. The van der Waals surface area contributed by atoms with E-state index in [9.17, 15) is 4.79 Å². The van der Waals surface area contributed by atoms with Gasteiger partial charge in [0, 0.05) is 12.7 Å². The van der Waals surface area contributed by atoms with Gasteiger partial charge in [-0.3, -0.25) is 4.68 Å². The van der Waals surface area contributed by atoms with Crippen LogP contribution in [0.25, 0.3) is 0 Å². The Bertz CT molecular complexity index is 305. The summed E-state index contributed by atoms with van der Waals surface area (Å²) in [4.78, 5) is 11.3. The van der Waals surface area contributed by atoms with Gasteiger partial charge in [0.2, 0.25) is 0 Å². The van der Waals surface area contributed by atoms with E-state index in [4.69, 9.17) is 4.74 Å². The van der Waals surface area contributed by atoms with E-state index in [-0.39, 0.29) is 5.97 Å². The van der Waals surface area contributed by atoms with Gasteiger partial charge in [-0.05, 0) is 20.8 Å². The van der Waals surface area contributed by atoms with Crippen LogP contribution in [0, 0.1) is 6.92 Å². The van der Waals surface area contributed by atoms with Crippen LogP contribution in [0.4, 0.5) is 0 Å². The molecule has 0 amide bonds. The van der Waals surface area contributed by atoms with E-state index in [2.05, 4.69) is 5.10 Å². The molecule has 0 bridgehead atoms. The van der Waals surface area contributed by atoms with Crippen LogP contribution in [-0.2, 0) is 11.3 Å². The zero-order chi connectivity index (χ0) is 9.84. The number of esters is 1. The van der Waals surface area contributed by atoms with E-state index in [0.29, 0.717) is 12.2 Å². The van der Waals surface area contributed by atoms with Crippen LogP contribution in [0.15, 0.2) is 6.20 Å². The normalized spacial score (nSPS) is 10.1. The van der Waals surface area contributed by atoms with Gasteiger partial charge >= 0.3 is 5.97 Å². The van der Waals surface area contributed by atoms with Crippen molar-refractivity contribution in [3.63, 3.8) is 0 Å². The zero-order valence-corrected chi connectivity index (χ0v) is 8.20. The molecule has 0 aromatic carbocycles. The molecule has 0 aliphatic heterocycles. The highest BCUT2D eigenvalue weighted by Gasteiger charge is 2.13. The number of aryl methyl sites for hydroxylation is 2. The van der Waals surface area contributed by atoms with Crippen LogP contribution < -0.4 is 0 Å². The minimum atomic E-state index is -0.292. The first-order valence-corrected chi connectivity index (χ1v) is 4.40. The summed E-state index contributed by atoms with van der Waals surface area (Å²) in [7, 11) is 0. The molecule has 0 aliphatic rings. The number of hydrogen-bond donors (Lipinski definition) is 0. The number of nitrogens with zero attached hydrogens (tertiary/aromatic N) is 2. The smallest absolute Gasteiger partial charge is 0.341 e.